The molecule has 0 aliphatic heterocycles. The van der Waals surface area contributed by atoms with Crippen molar-refractivity contribution in [3.05, 3.63) is 47.5 Å². The fourth-order valence-corrected chi connectivity index (χ4v) is 1.70. The number of carboxylic acid groups (broad SMARTS) is 1. The molecule has 0 aliphatic carbocycles. The van der Waals surface area contributed by atoms with Gasteiger partial charge in [0.25, 0.3) is 0 Å². The number of aromatic nitrogens is 2. The zero-order valence-electron chi connectivity index (χ0n) is 10.1. The van der Waals surface area contributed by atoms with Gasteiger partial charge in [-0.15, -0.1) is 0 Å². The molecule has 19 heavy (non-hydrogen) atoms. The van der Waals surface area contributed by atoms with Crippen LogP contribution in [0.25, 0.3) is 5.69 Å². The van der Waals surface area contributed by atoms with Gasteiger partial charge in [0.15, 0.2) is 6.29 Å². The second kappa shape index (κ2) is 5.19. The lowest BCUT2D eigenvalue weighted by atomic mass is 10.2. The van der Waals surface area contributed by atoms with Crippen molar-refractivity contribution in [3.8, 4) is 17.5 Å². The Hall–Kier alpha value is -2.87. The van der Waals surface area contributed by atoms with Crippen molar-refractivity contribution in [1.82, 2.24) is 9.55 Å². The summed E-state index contributed by atoms with van der Waals surface area (Å²) in [4.78, 5) is 25.3. The second-order valence-corrected chi connectivity index (χ2v) is 3.79. The Morgan fingerprint density at radius 1 is 1.37 bits per heavy atom. The van der Waals surface area contributed by atoms with Crippen LogP contribution < -0.4 is 0 Å². The van der Waals surface area contributed by atoms with Crippen molar-refractivity contribution in [2.75, 3.05) is 0 Å². The summed E-state index contributed by atoms with van der Waals surface area (Å²) in [5.41, 5.74) is 1.83. The standard InChI is InChI=1S/C14H10N2O3/c1-10-15-8-13(9-17)16(10)12-5-2-11(3-6-12)4-7-14(18)19/h2-3,5-6,8-9H,1H3,(H,18,19). The van der Waals surface area contributed by atoms with E-state index in [-0.39, 0.29) is 0 Å². The van der Waals surface area contributed by atoms with Gasteiger partial charge in [0.1, 0.15) is 11.5 Å². The van der Waals surface area contributed by atoms with E-state index in [9.17, 15) is 9.59 Å². The highest BCUT2D eigenvalue weighted by atomic mass is 16.4. The molecule has 2 rings (SSSR count). The van der Waals surface area contributed by atoms with Crippen LogP contribution >= 0.6 is 0 Å². The number of carbonyl (C=O) groups is 2. The fraction of sp³-hybridized carbons (Fsp3) is 0.0714. The van der Waals surface area contributed by atoms with Crippen LogP contribution in [0.15, 0.2) is 30.5 Å². The number of carboxylic acids is 1. The summed E-state index contributed by atoms with van der Waals surface area (Å²) in [5.74, 6) is 4.09. The van der Waals surface area contributed by atoms with E-state index < -0.39 is 5.97 Å². The highest BCUT2D eigenvalue weighted by Crippen LogP contribution is 2.14. The molecule has 0 saturated heterocycles. The number of imidazole rings is 1. The van der Waals surface area contributed by atoms with Crippen molar-refractivity contribution in [2.45, 2.75) is 6.92 Å². The van der Waals surface area contributed by atoms with Gasteiger partial charge in [-0.2, -0.15) is 0 Å². The smallest absolute Gasteiger partial charge is 0.382 e. The number of rotatable bonds is 2. The van der Waals surface area contributed by atoms with E-state index in [0.717, 1.165) is 12.0 Å². The van der Waals surface area contributed by atoms with Crippen molar-refractivity contribution in [2.24, 2.45) is 0 Å². The van der Waals surface area contributed by atoms with Crippen LogP contribution in [0, 0.1) is 18.8 Å². The maximum absolute atomic E-state index is 10.9. The van der Waals surface area contributed by atoms with Gasteiger partial charge < -0.3 is 5.11 Å². The number of aldehydes is 1. The molecule has 2 aromatic rings. The van der Waals surface area contributed by atoms with E-state index in [0.29, 0.717) is 17.1 Å². The van der Waals surface area contributed by atoms with Crippen LogP contribution in [0.1, 0.15) is 21.9 Å². The summed E-state index contributed by atoms with van der Waals surface area (Å²) < 4.78 is 1.71. The molecule has 0 spiro atoms. The average molecular weight is 254 g/mol. The minimum atomic E-state index is -1.17. The molecule has 0 aliphatic rings. The quantitative estimate of drug-likeness (QED) is 0.650. The number of carbonyl (C=O) groups excluding carboxylic acids is 1. The third-order valence-corrected chi connectivity index (χ3v) is 2.53. The summed E-state index contributed by atoms with van der Waals surface area (Å²) in [6.45, 7) is 1.80. The predicted molar refractivity (Wildman–Crippen MR) is 68.2 cm³/mol. The maximum atomic E-state index is 10.9. The van der Waals surface area contributed by atoms with Crippen LogP contribution in [0.5, 0.6) is 0 Å². The molecule has 0 unspecified atom stereocenters. The van der Waals surface area contributed by atoms with E-state index in [1.54, 1.807) is 35.8 Å². The third-order valence-electron chi connectivity index (χ3n) is 2.53. The zero-order valence-corrected chi connectivity index (χ0v) is 10.1. The lowest BCUT2D eigenvalue weighted by Gasteiger charge is -2.06. The molecule has 5 nitrogen and oxygen atoms in total. The monoisotopic (exact) mass is 254 g/mol. The Kier molecular flexibility index (Phi) is 3.44. The van der Waals surface area contributed by atoms with Gasteiger partial charge in [-0.25, -0.2) is 9.78 Å². The lowest BCUT2D eigenvalue weighted by molar-refractivity contribution is -0.130. The molecule has 0 atom stereocenters. The number of nitrogens with zero attached hydrogens (tertiary/aromatic N) is 2. The number of hydrogen-bond acceptors (Lipinski definition) is 3. The third kappa shape index (κ3) is 2.69. The van der Waals surface area contributed by atoms with Gasteiger partial charge in [-0.05, 0) is 31.2 Å². The molecular weight excluding hydrogens is 244 g/mol. The fourth-order valence-electron chi connectivity index (χ4n) is 1.70. The van der Waals surface area contributed by atoms with Crippen molar-refractivity contribution in [3.63, 3.8) is 0 Å². The number of aryl methyl sites for hydroxylation is 1. The van der Waals surface area contributed by atoms with E-state index in [1.807, 2.05) is 5.92 Å². The number of aliphatic carboxylic acids is 1. The van der Waals surface area contributed by atoms with Gasteiger partial charge >= 0.3 is 5.97 Å². The molecule has 5 heteroatoms. The summed E-state index contributed by atoms with van der Waals surface area (Å²) in [7, 11) is 0. The van der Waals surface area contributed by atoms with Crippen LogP contribution in [0.2, 0.25) is 0 Å². The van der Waals surface area contributed by atoms with Crippen LogP contribution in [-0.2, 0) is 4.79 Å². The Labute approximate surface area is 109 Å². The first-order chi connectivity index (χ1) is 9.11. The highest BCUT2D eigenvalue weighted by molar-refractivity contribution is 5.87. The molecule has 1 aromatic carbocycles. The molecular formula is C14H10N2O3. The maximum Gasteiger partial charge on any atom is 0.382 e. The van der Waals surface area contributed by atoms with Gasteiger partial charge in [0.05, 0.1) is 6.20 Å². The van der Waals surface area contributed by atoms with E-state index in [2.05, 4.69) is 10.9 Å². The first-order valence-corrected chi connectivity index (χ1v) is 5.46. The predicted octanol–water partition coefficient (Wildman–Crippen LogP) is 1.43. The Morgan fingerprint density at radius 2 is 2.05 bits per heavy atom. The summed E-state index contributed by atoms with van der Waals surface area (Å²) in [6, 6.07) is 6.90. The molecule has 0 amide bonds. The van der Waals surface area contributed by atoms with Crippen LogP contribution in [0.3, 0.4) is 0 Å². The van der Waals surface area contributed by atoms with Gasteiger partial charge in [0.2, 0.25) is 0 Å². The van der Waals surface area contributed by atoms with Gasteiger partial charge in [-0.3, -0.25) is 9.36 Å². The minimum absolute atomic E-state index is 0.460. The van der Waals surface area contributed by atoms with Crippen molar-refractivity contribution in [1.29, 1.82) is 0 Å². The Balaban J connectivity index is 2.38. The molecule has 0 bridgehead atoms. The molecule has 1 N–H and O–H groups in total. The van der Waals surface area contributed by atoms with E-state index in [1.165, 1.54) is 6.20 Å². The van der Waals surface area contributed by atoms with Crippen molar-refractivity contribution >= 4 is 12.3 Å². The topological polar surface area (TPSA) is 72.2 Å². The van der Waals surface area contributed by atoms with Crippen LogP contribution in [-0.4, -0.2) is 26.9 Å². The molecule has 94 valence electrons. The summed E-state index contributed by atoms with van der Waals surface area (Å²) in [6.07, 6.45) is 2.23. The first kappa shape index (κ1) is 12.6. The Bertz CT molecular complexity index is 688. The largest absolute Gasteiger partial charge is 0.472 e. The highest BCUT2D eigenvalue weighted by Gasteiger charge is 2.07. The van der Waals surface area contributed by atoms with Gasteiger partial charge in [0, 0.05) is 17.2 Å². The average Bonchev–Trinajstić information content (AvgIpc) is 2.78. The summed E-state index contributed by atoms with van der Waals surface area (Å²) >= 11 is 0. The molecule has 1 aromatic heterocycles. The van der Waals surface area contributed by atoms with Gasteiger partial charge in [-0.1, -0.05) is 5.92 Å². The van der Waals surface area contributed by atoms with E-state index >= 15 is 0 Å². The Morgan fingerprint density at radius 3 is 2.63 bits per heavy atom. The normalized spacial score (nSPS) is 9.53. The number of hydrogen-bond donors (Lipinski definition) is 1. The molecule has 0 radical (unpaired) electrons. The lowest BCUT2D eigenvalue weighted by Crippen LogP contribution is -2.01. The SMILES string of the molecule is Cc1ncc(C=O)n1-c1ccc(C#CC(=O)O)cc1. The number of benzene rings is 1. The van der Waals surface area contributed by atoms with Crippen molar-refractivity contribution < 1.29 is 14.7 Å². The first-order valence-electron chi connectivity index (χ1n) is 5.46. The molecule has 1 heterocycles. The summed E-state index contributed by atoms with van der Waals surface area (Å²) in [5, 5.41) is 8.46. The van der Waals surface area contributed by atoms with E-state index in [4.69, 9.17) is 5.11 Å². The second-order valence-electron chi connectivity index (χ2n) is 3.79. The minimum Gasteiger partial charge on any atom is -0.472 e. The molecule has 0 fully saturated rings. The molecule has 0 saturated carbocycles. The van der Waals surface area contributed by atoms with Crippen LogP contribution in [0.4, 0.5) is 0 Å². The zero-order chi connectivity index (χ0) is 13.8.